The summed E-state index contributed by atoms with van der Waals surface area (Å²) in [6, 6.07) is 15.3. The molecular formula is C25H21N5O3S. The van der Waals surface area contributed by atoms with Gasteiger partial charge in [-0.1, -0.05) is 36.4 Å². The average molecular weight is 472 g/mol. The van der Waals surface area contributed by atoms with E-state index in [9.17, 15) is 14.4 Å². The van der Waals surface area contributed by atoms with Crippen LogP contribution in [0.1, 0.15) is 34.3 Å². The molecular weight excluding hydrogens is 450 g/mol. The summed E-state index contributed by atoms with van der Waals surface area (Å²) in [5.74, 6) is 0.0260. The zero-order chi connectivity index (χ0) is 23.2. The van der Waals surface area contributed by atoms with Gasteiger partial charge in [0, 0.05) is 42.2 Å². The lowest BCUT2D eigenvalue weighted by Gasteiger charge is -2.29. The number of piperidine rings is 1. The van der Waals surface area contributed by atoms with E-state index in [0.717, 1.165) is 33.2 Å². The maximum Gasteiger partial charge on any atom is 0.255 e. The van der Waals surface area contributed by atoms with Crippen molar-refractivity contribution in [3.05, 3.63) is 76.8 Å². The van der Waals surface area contributed by atoms with Crippen LogP contribution in [0.15, 0.2) is 60.1 Å². The number of anilines is 1. The Kier molecular flexibility index (Phi) is 4.91. The fourth-order valence-electron chi connectivity index (χ4n) is 4.66. The van der Waals surface area contributed by atoms with E-state index in [2.05, 4.69) is 22.8 Å². The molecule has 2 aromatic heterocycles. The maximum atomic E-state index is 13.0. The van der Waals surface area contributed by atoms with Crippen LogP contribution < -0.4 is 10.6 Å². The number of carbonyl (C=O) groups is 3. The molecule has 8 nitrogen and oxygen atoms in total. The van der Waals surface area contributed by atoms with Gasteiger partial charge in [0.15, 0.2) is 4.96 Å². The van der Waals surface area contributed by atoms with Crippen molar-refractivity contribution in [1.29, 1.82) is 0 Å². The molecule has 4 aromatic rings. The molecule has 4 heterocycles. The molecule has 0 aliphatic carbocycles. The first kappa shape index (κ1) is 20.6. The van der Waals surface area contributed by atoms with Crippen molar-refractivity contribution in [2.75, 3.05) is 5.32 Å². The van der Waals surface area contributed by atoms with Crippen molar-refractivity contribution >= 4 is 39.8 Å². The number of hydrogen-bond donors (Lipinski definition) is 2. The Labute approximate surface area is 199 Å². The van der Waals surface area contributed by atoms with Gasteiger partial charge in [-0.2, -0.15) is 0 Å². The number of amides is 3. The van der Waals surface area contributed by atoms with Crippen LogP contribution in [0, 0.1) is 0 Å². The molecule has 0 radical (unpaired) electrons. The minimum Gasteiger partial charge on any atom is -0.365 e. The molecule has 6 rings (SSSR count). The Morgan fingerprint density at radius 3 is 2.79 bits per heavy atom. The summed E-state index contributed by atoms with van der Waals surface area (Å²) in [5, 5.41) is 7.87. The number of rotatable bonds is 5. The molecule has 1 fully saturated rings. The van der Waals surface area contributed by atoms with Crippen molar-refractivity contribution in [1.82, 2.24) is 19.6 Å². The fourth-order valence-corrected chi connectivity index (χ4v) is 5.37. The van der Waals surface area contributed by atoms with Gasteiger partial charge in [0.1, 0.15) is 17.6 Å². The highest BCUT2D eigenvalue weighted by molar-refractivity contribution is 7.15. The minimum atomic E-state index is -0.623. The second kappa shape index (κ2) is 8.11. The van der Waals surface area contributed by atoms with Gasteiger partial charge in [0.25, 0.3) is 5.91 Å². The van der Waals surface area contributed by atoms with Crippen molar-refractivity contribution in [2.24, 2.45) is 0 Å². The van der Waals surface area contributed by atoms with Crippen LogP contribution in [-0.4, -0.2) is 38.0 Å². The van der Waals surface area contributed by atoms with Gasteiger partial charge < -0.3 is 10.2 Å². The molecule has 2 aliphatic rings. The lowest BCUT2D eigenvalue weighted by atomic mass is 10.0. The Morgan fingerprint density at radius 2 is 1.97 bits per heavy atom. The molecule has 2 N–H and O–H groups in total. The number of aromatic nitrogens is 2. The molecule has 0 saturated carbocycles. The van der Waals surface area contributed by atoms with Crippen LogP contribution >= 0.6 is 11.3 Å². The number of benzene rings is 2. The van der Waals surface area contributed by atoms with Gasteiger partial charge in [0.2, 0.25) is 11.8 Å². The quantitative estimate of drug-likeness (QED) is 0.435. The normalized spacial score (nSPS) is 17.8. The summed E-state index contributed by atoms with van der Waals surface area (Å²) in [5.41, 5.74) is 4.34. The second-order valence-corrected chi connectivity index (χ2v) is 9.35. The number of carbonyl (C=O) groups excluding carboxylic acids is 3. The second-order valence-electron chi connectivity index (χ2n) is 8.48. The molecule has 34 heavy (non-hydrogen) atoms. The zero-order valence-electron chi connectivity index (χ0n) is 18.2. The summed E-state index contributed by atoms with van der Waals surface area (Å²) in [6.07, 6.45) is 2.58. The summed E-state index contributed by atoms with van der Waals surface area (Å²) in [7, 11) is 0. The lowest BCUT2D eigenvalue weighted by molar-refractivity contribution is -0.136. The van der Waals surface area contributed by atoms with Crippen LogP contribution in [0.4, 0.5) is 5.82 Å². The van der Waals surface area contributed by atoms with Crippen LogP contribution in [-0.2, 0) is 22.7 Å². The van der Waals surface area contributed by atoms with Gasteiger partial charge in [0.05, 0.1) is 0 Å². The van der Waals surface area contributed by atoms with Gasteiger partial charge in [-0.15, -0.1) is 11.3 Å². The Balaban J connectivity index is 1.31. The Bertz CT molecular complexity index is 1440. The number of imide groups is 1. The van der Waals surface area contributed by atoms with Gasteiger partial charge in [-0.3, -0.25) is 24.1 Å². The zero-order valence-corrected chi connectivity index (χ0v) is 19.0. The molecule has 1 saturated heterocycles. The van der Waals surface area contributed by atoms with E-state index >= 15 is 0 Å². The Hall–Kier alpha value is -3.98. The molecule has 0 spiro atoms. The highest BCUT2D eigenvalue weighted by Crippen LogP contribution is 2.35. The predicted molar refractivity (Wildman–Crippen MR) is 128 cm³/mol. The molecule has 2 aromatic carbocycles. The summed E-state index contributed by atoms with van der Waals surface area (Å²) < 4.78 is 2.04. The first-order valence-corrected chi connectivity index (χ1v) is 12.0. The lowest BCUT2D eigenvalue weighted by Crippen LogP contribution is -2.52. The molecule has 9 heteroatoms. The molecule has 2 aliphatic heterocycles. The third-order valence-electron chi connectivity index (χ3n) is 6.36. The Morgan fingerprint density at radius 1 is 1.12 bits per heavy atom. The largest absolute Gasteiger partial charge is 0.365 e. The van der Waals surface area contributed by atoms with E-state index in [-0.39, 0.29) is 18.2 Å². The van der Waals surface area contributed by atoms with E-state index in [1.165, 1.54) is 0 Å². The standard InChI is InChI=1S/C25H21N5O3S/c31-20-9-8-19(23(32)27-20)30-14-17-12-16(6-7-18(17)24(30)33)21-22(29-10-11-34-25(29)28-21)26-13-15-4-2-1-3-5-15/h1-7,10-12,19,26H,8-9,13-14H2,(H,27,31,32). The molecule has 3 amide bonds. The van der Waals surface area contributed by atoms with E-state index in [0.29, 0.717) is 25.1 Å². The van der Waals surface area contributed by atoms with Crippen molar-refractivity contribution in [3.8, 4) is 11.3 Å². The average Bonchev–Trinajstić information content (AvgIpc) is 3.52. The smallest absolute Gasteiger partial charge is 0.255 e. The van der Waals surface area contributed by atoms with Crippen LogP contribution in [0.2, 0.25) is 0 Å². The number of nitrogens with one attached hydrogen (secondary N) is 2. The third kappa shape index (κ3) is 3.45. The monoisotopic (exact) mass is 471 g/mol. The van der Waals surface area contributed by atoms with Gasteiger partial charge >= 0.3 is 0 Å². The maximum absolute atomic E-state index is 13.0. The number of nitrogens with zero attached hydrogens (tertiary/aromatic N) is 3. The molecule has 0 bridgehead atoms. The van der Waals surface area contributed by atoms with Gasteiger partial charge in [-0.25, -0.2) is 4.98 Å². The summed E-state index contributed by atoms with van der Waals surface area (Å²) in [4.78, 5) is 44.2. The molecule has 170 valence electrons. The topological polar surface area (TPSA) is 95.8 Å². The highest BCUT2D eigenvalue weighted by atomic mass is 32.1. The highest BCUT2D eigenvalue weighted by Gasteiger charge is 2.39. The third-order valence-corrected chi connectivity index (χ3v) is 7.12. The number of fused-ring (bicyclic) bond motifs is 2. The van der Waals surface area contributed by atoms with Crippen LogP contribution in [0.3, 0.4) is 0 Å². The summed E-state index contributed by atoms with van der Waals surface area (Å²) >= 11 is 1.56. The van der Waals surface area contributed by atoms with Crippen molar-refractivity contribution in [2.45, 2.75) is 32.0 Å². The van der Waals surface area contributed by atoms with Gasteiger partial charge in [-0.05, 0) is 29.7 Å². The van der Waals surface area contributed by atoms with Crippen molar-refractivity contribution < 1.29 is 14.4 Å². The van der Waals surface area contributed by atoms with Crippen LogP contribution in [0.5, 0.6) is 0 Å². The van der Waals surface area contributed by atoms with E-state index in [1.807, 2.05) is 52.4 Å². The first-order valence-electron chi connectivity index (χ1n) is 11.1. The van der Waals surface area contributed by atoms with E-state index in [4.69, 9.17) is 4.98 Å². The number of thiazole rings is 1. The molecule has 1 unspecified atom stereocenters. The van der Waals surface area contributed by atoms with Crippen LogP contribution in [0.25, 0.3) is 16.2 Å². The SMILES string of the molecule is O=C1CCC(N2Cc3cc(-c4nc5sccn5c4NCc4ccccc4)ccc3C2=O)C(=O)N1. The molecule has 1 atom stereocenters. The van der Waals surface area contributed by atoms with E-state index < -0.39 is 11.9 Å². The predicted octanol–water partition coefficient (Wildman–Crippen LogP) is 3.44. The van der Waals surface area contributed by atoms with E-state index in [1.54, 1.807) is 16.2 Å². The summed E-state index contributed by atoms with van der Waals surface area (Å²) in [6.45, 7) is 0.994. The number of imidazole rings is 1. The number of hydrogen-bond acceptors (Lipinski definition) is 6. The fraction of sp³-hybridized carbons (Fsp3) is 0.200. The minimum absolute atomic E-state index is 0.177. The van der Waals surface area contributed by atoms with Crippen molar-refractivity contribution in [3.63, 3.8) is 0 Å². The first-order chi connectivity index (χ1) is 16.6.